The van der Waals surface area contributed by atoms with Gasteiger partial charge in [-0.3, -0.25) is 9.59 Å². The number of carbonyl (C=O) groups is 2. The van der Waals surface area contributed by atoms with E-state index in [1.54, 1.807) is 43.3 Å². The number of nitrogens with zero attached hydrogens (tertiary/aromatic N) is 2. The van der Waals surface area contributed by atoms with Crippen LogP contribution in [0, 0.1) is 6.92 Å². The van der Waals surface area contributed by atoms with E-state index in [0.717, 1.165) is 11.8 Å². The zero-order valence-electron chi connectivity index (χ0n) is 19.6. The van der Waals surface area contributed by atoms with Gasteiger partial charge in [0.15, 0.2) is 11.6 Å². The molecular formula is C26H24N2O7. The third kappa shape index (κ3) is 4.84. The molecule has 0 fully saturated rings. The predicted molar refractivity (Wildman–Crippen MR) is 129 cm³/mol. The van der Waals surface area contributed by atoms with Crippen LogP contribution in [0.4, 0.5) is 0 Å². The highest BCUT2D eigenvalue weighted by Gasteiger charge is 2.23. The quantitative estimate of drug-likeness (QED) is 0.206. The molecule has 0 aromatic heterocycles. The summed E-state index contributed by atoms with van der Waals surface area (Å²) in [5.74, 6) is -0.00488. The average molecular weight is 476 g/mol. The molecule has 9 heteroatoms. The van der Waals surface area contributed by atoms with Gasteiger partial charge in [-0.05, 0) is 36.8 Å². The molecule has 0 saturated carbocycles. The van der Waals surface area contributed by atoms with E-state index in [2.05, 4.69) is 10.3 Å². The van der Waals surface area contributed by atoms with E-state index in [4.69, 9.17) is 24.6 Å². The largest absolute Gasteiger partial charge is 0.496 e. The van der Waals surface area contributed by atoms with Crippen LogP contribution in [0.15, 0.2) is 58.8 Å². The van der Waals surface area contributed by atoms with Crippen molar-refractivity contribution in [3.63, 3.8) is 0 Å². The van der Waals surface area contributed by atoms with Gasteiger partial charge in [-0.25, -0.2) is 0 Å². The van der Waals surface area contributed by atoms with Gasteiger partial charge >= 0.3 is 0 Å². The Bertz CT molecular complexity index is 1330. The SMILES string of the molecule is COc1ccc(C(=O)c2cccc(C(=O)c3ccc(C)c(/C=N/O)c3OC)c2)c(OC)c1/C=N/O. The molecule has 0 saturated heterocycles. The second kappa shape index (κ2) is 11.0. The van der Waals surface area contributed by atoms with Crippen molar-refractivity contribution in [2.45, 2.75) is 6.92 Å². The molecule has 0 unspecified atom stereocenters. The van der Waals surface area contributed by atoms with Crippen LogP contribution >= 0.6 is 0 Å². The molecule has 0 heterocycles. The molecule has 3 aromatic carbocycles. The number of ketones is 2. The highest BCUT2D eigenvalue weighted by molar-refractivity contribution is 6.16. The number of oxime groups is 2. The number of benzene rings is 3. The summed E-state index contributed by atoms with van der Waals surface area (Å²) in [7, 11) is 4.25. The molecule has 3 aromatic rings. The first-order valence-electron chi connectivity index (χ1n) is 10.4. The van der Waals surface area contributed by atoms with Crippen molar-refractivity contribution in [2.75, 3.05) is 21.3 Å². The normalized spacial score (nSPS) is 11.1. The molecule has 35 heavy (non-hydrogen) atoms. The van der Waals surface area contributed by atoms with Gasteiger partial charge in [-0.2, -0.15) is 0 Å². The maximum Gasteiger partial charge on any atom is 0.196 e. The van der Waals surface area contributed by atoms with Gasteiger partial charge < -0.3 is 24.6 Å². The Morgan fingerprint density at radius 2 is 1.26 bits per heavy atom. The summed E-state index contributed by atoms with van der Waals surface area (Å²) in [5.41, 5.74) is 2.47. The maximum atomic E-state index is 13.4. The molecule has 0 amide bonds. The van der Waals surface area contributed by atoms with Crippen molar-refractivity contribution < 1.29 is 34.2 Å². The van der Waals surface area contributed by atoms with Gasteiger partial charge in [0, 0.05) is 16.7 Å². The van der Waals surface area contributed by atoms with Gasteiger partial charge in [-0.1, -0.05) is 34.6 Å². The molecule has 0 aliphatic heterocycles. The van der Waals surface area contributed by atoms with Crippen LogP contribution in [0.2, 0.25) is 0 Å². The zero-order chi connectivity index (χ0) is 25.5. The number of methoxy groups -OCH3 is 3. The first kappa shape index (κ1) is 25.0. The van der Waals surface area contributed by atoms with E-state index in [9.17, 15) is 9.59 Å². The van der Waals surface area contributed by atoms with E-state index >= 15 is 0 Å². The fraction of sp³-hybridized carbons (Fsp3) is 0.154. The van der Waals surface area contributed by atoms with E-state index in [1.165, 1.54) is 39.7 Å². The zero-order valence-corrected chi connectivity index (χ0v) is 19.6. The molecule has 0 bridgehead atoms. The fourth-order valence-corrected chi connectivity index (χ4v) is 3.77. The van der Waals surface area contributed by atoms with Crippen molar-refractivity contribution in [3.8, 4) is 17.2 Å². The van der Waals surface area contributed by atoms with Crippen molar-refractivity contribution in [2.24, 2.45) is 10.3 Å². The van der Waals surface area contributed by atoms with Crippen LogP contribution in [0.5, 0.6) is 17.2 Å². The molecule has 3 rings (SSSR count). The molecule has 0 atom stereocenters. The molecule has 0 aliphatic carbocycles. The second-order valence-corrected chi connectivity index (χ2v) is 7.37. The lowest BCUT2D eigenvalue weighted by Crippen LogP contribution is -2.10. The fourth-order valence-electron chi connectivity index (χ4n) is 3.77. The Kier molecular flexibility index (Phi) is 7.83. The molecule has 0 spiro atoms. The number of aryl methyl sites for hydroxylation is 1. The lowest BCUT2D eigenvalue weighted by molar-refractivity contribution is 0.103. The summed E-state index contributed by atoms with van der Waals surface area (Å²) in [6.07, 6.45) is 2.32. The third-order valence-corrected chi connectivity index (χ3v) is 5.45. The summed E-state index contributed by atoms with van der Waals surface area (Å²) in [6, 6.07) is 12.7. The number of rotatable bonds is 9. The van der Waals surface area contributed by atoms with E-state index < -0.39 is 5.78 Å². The van der Waals surface area contributed by atoms with E-state index in [1.807, 2.05) is 0 Å². The van der Waals surface area contributed by atoms with Crippen molar-refractivity contribution in [1.29, 1.82) is 0 Å². The van der Waals surface area contributed by atoms with Crippen LogP contribution in [0.25, 0.3) is 0 Å². The van der Waals surface area contributed by atoms with Gasteiger partial charge in [-0.15, -0.1) is 0 Å². The molecule has 0 radical (unpaired) electrons. The minimum atomic E-state index is -0.407. The predicted octanol–water partition coefficient (Wildman–Crippen LogP) is 4.10. The minimum absolute atomic E-state index is 0.164. The number of hydrogen-bond acceptors (Lipinski definition) is 9. The monoisotopic (exact) mass is 476 g/mol. The number of ether oxygens (including phenoxy) is 3. The van der Waals surface area contributed by atoms with Crippen molar-refractivity contribution in [1.82, 2.24) is 0 Å². The second-order valence-electron chi connectivity index (χ2n) is 7.37. The van der Waals surface area contributed by atoms with Crippen LogP contribution < -0.4 is 14.2 Å². The Morgan fingerprint density at radius 1 is 0.743 bits per heavy atom. The third-order valence-electron chi connectivity index (χ3n) is 5.45. The molecule has 180 valence electrons. The molecule has 9 nitrogen and oxygen atoms in total. The van der Waals surface area contributed by atoms with Gasteiger partial charge in [0.05, 0.1) is 50.4 Å². The Hall–Kier alpha value is -4.66. The van der Waals surface area contributed by atoms with E-state index in [0.29, 0.717) is 11.3 Å². The summed E-state index contributed by atoms with van der Waals surface area (Å²) in [5, 5.41) is 24.1. The highest BCUT2D eigenvalue weighted by Crippen LogP contribution is 2.33. The van der Waals surface area contributed by atoms with E-state index in [-0.39, 0.29) is 45.1 Å². The van der Waals surface area contributed by atoms with Crippen molar-refractivity contribution in [3.05, 3.63) is 87.5 Å². The van der Waals surface area contributed by atoms with Crippen LogP contribution in [-0.2, 0) is 0 Å². The Morgan fingerprint density at radius 3 is 1.77 bits per heavy atom. The van der Waals surface area contributed by atoms with Gasteiger partial charge in [0.25, 0.3) is 0 Å². The Labute approximate surface area is 201 Å². The lowest BCUT2D eigenvalue weighted by atomic mass is 9.94. The standard InChI is InChI=1S/C26H24N2O7/c1-15-8-9-18(25(34-3)20(15)13-27-31)23(29)16-6-5-7-17(12-16)24(30)19-10-11-22(33-2)21(14-28-32)26(19)35-4/h5-14,31-32H,1-4H3/b27-13+,28-14+. The maximum absolute atomic E-state index is 13.4. The first-order chi connectivity index (χ1) is 16.9. The molecular weight excluding hydrogens is 452 g/mol. The summed E-state index contributed by atoms with van der Waals surface area (Å²) in [4.78, 5) is 26.8. The number of carbonyl (C=O) groups excluding carboxylic acids is 2. The summed E-state index contributed by atoms with van der Waals surface area (Å²) in [6.45, 7) is 1.80. The average Bonchev–Trinajstić information content (AvgIpc) is 2.88. The summed E-state index contributed by atoms with van der Waals surface area (Å²) < 4.78 is 16.1. The minimum Gasteiger partial charge on any atom is -0.496 e. The molecule has 2 N–H and O–H groups in total. The molecule has 0 aliphatic rings. The van der Waals surface area contributed by atoms with Gasteiger partial charge in [0.1, 0.15) is 17.2 Å². The number of hydrogen-bond donors (Lipinski definition) is 2. The van der Waals surface area contributed by atoms with Gasteiger partial charge in [0.2, 0.25) is 0 Å². The van der Waals surface area contributed by atoms with Crippen LogP contribution in [0.3, 0.4) is 0 Å². The van der Waals surface area contributed by atoms with Crippen LogP contribution in [0.1, 0.15) is 48.5 Å². The first-order valence-corrected chi connectivity index (χ1v) is 10.4. The van der Waals surface area contributed by atoms with Crippen molar-refractivity contribution >= 4 is 24.0 Å². The Balaban J connectivity index is 2.08. The lowest BCUT2D eigenvalue weighted by Gasteiger charge is -2.15. The smallest absolute Gasteiger partial charge is 0.196 e. The van der Waals surface area contributed by atoms with Crippen LogP contribution in [-0.4, -0.2) is 55.7 Å². The highest BCUT2D eigenvalue weighted by atomic mass is 16.5. The topological polar surface area (TPSA) is 127 Å². The summed E-state index contributed by atoms with van der Waals surface area (Å²) >= 11 is 0.